The van der Waals surface area contributed by atoms with E-state index in [0.717, 1.165) is 30.6 Å². The van der Waals surface area contributed by atoms with Crippen LogP contribution < -0.4 is 0 Å². The van der Waals surface area contributed by atoms with Gasteiger partial charge < -0.3 is 14.3 Å². The van der Waals surface area contributed by atoms with Gasteiger partial charge in [-0.1, -0.05) is 65.2 Å². The minimum Gasteiger partial charge on any atom is -0.385 e. The first-order valence-electron chi connectivity index (χ1n) is 10.1. The van der Waals surface area contributed by atoms with E-state index in [1.807, 2.05) is 0 Å². The third kappa shape index (κ3) is 16.5. The van der Waals surface area contributed by atoms with Gasteiger partial charge in [0.2, 0.25) is 0 Å². The molecule has 0 aromatic rings. The Morgan fingerprint density at radius 1 is 0.783 bits per heavy atom. The van der Waals surface area contributed by atoms with Crippen molar-refractivity contribution in [1.82, 2.24) is 0 Å². The number of aliphatic hydroxyl groups is 1. The van der Waals surface area contributed by atoms with Gasteiger partial charge in [0.1, 0.15) is 12.6 Å². The molecule has 0 saturated heterocycles. The summed E-state index contributed by atoms with van der Waals surface area (Å²) in [5, 5.41) is 10.0. The van der Waals surface area contributed by atoms with Gasteiger partial charge in [-0.15, -0.1) is 0 Å². The van der Waals surface area contributed by atoms with Gasteiger partial charge in [-0.25, -0.2) is 0 Å². The van der Waals surface area contributed by atoms with E-state index in [0.29, 0.717) is 6.61 Å². The number of aliphatic hydroxyl groups excluding tert-OH is 1. The van der Waals surface area contributed by atoms with Gasteiger partial charge in [0, 0.05) is 6.61 Å². The van der Waals surface area contributed by atoms with Crippen LogP contribution in [0.15, 0.2) is 0 Å². The molecule has 0 aliphatic rings. The van der Waals surface area contributed by atoms with Crippen molar-refractivity contribution in [3.8, 4) is 0 Å². The van der Waals surface area contributed by atoms with Crippen molar-refractivity contribution in [2.24, 2.45) is 0 Å². The van der Waals surface area contributed by atoms with Crippen LogP contribution in [0, 0.1) is 0 Å². The van der Waals surface area contributed by atoms with Crippen molar-refractivity contribution >= 4 is 0 Å². The molecule has 23 heavy (non-hydrogen) atoms. The largest absolute Gasteiger partial charge is 0.385 e. The summed E-state index contributed by atoms with van der Waals surface area (Å²) in [5.74, 6) is 0. The van der Waals surface area contributed by atoms with Crippen LogP contribution in [-0.4, -0.2) is 56.1 Å². The Morgan fingerprint density at radius 2 is 1.30 bits per heavy atom. The average molecular weight is 331 g/mol. The number of hydrogen-bond acceptors (Lipinski definition) is 2. The monoisotopic (exact) mass is 330 g/mol. The highest BCUT2D eigenvalue weighted by Crippen LogP contribution is 2.12. The number of rotatable bonds is 17. The van der Waals surface area contributed by atoms with Crippen LogP contribution in [0.5, 0.6) is 0 Å². The zero-order valence-corrected chi connectivity index (χ0v) is 16.5. The molecule has 0 bridgehead atoms. The fourth-order valence-electron chi connectivity index (χ4n) is 3.11. The molecule has 0 aromatic heterocycles. The highest BCUT2D eigenvalue weighted by Gasteiger charge is 2.20. The van der Waals surface area contributed by atoms with Gasteiger partial charge in [0.15, 0.2) is 0 Å². The Hall–Kier alpha value is -0.120. The lowest BCUT2D eigenvalue weighted by molar-refractivity contribution is -0.893. The molecule has 1 N–H and O–H groups in total. The zero-order chi connectivity index (χ0) is 17.4. The van der Waals surface area contributed by atoms with Crippen LogP contribution in [0.1, 0.15) is 84.5 Å². The Kier molecular flexibility index (Phi) is 15.3. The number of hydrogen-bond donors (Lipinski definition) is 1. The van der Waals surface area contributed by atoms with Crippen molar-refractivity contribution in [2.75, 3.05) is 40.4 Å². The van der Waals surface area contributed by atoms with E-state index >= 15 is 0 Å². The molecule has 140 valence electrons. The molecule has 1 atom stereocenters. The van der Waals surface area contributed by atoms with Crippen molar-refractivity contribution in [1.29, 1.82) is 0 Å². The van der Waals surface area contributed by atoms with E-state index in [1.54, 1.807) is 0 Å². The Morgan fingerprint density at radius 3 is 1.83 bits per heavy atom. The summed E-state index contributed by atoms with van der Waals surface area (Å²) in [7, 11) is 4.44. The minimum atomic E-state index is -0.334. The standard InChI is InChI=1S/C20H44NO2/c1-5-7-8-9-10-11-12-13-14-15-16-21(3,4)18-20(22)19-23-17-6-2/h20,22H,5-19H2,1-4H3/q+1. The molecular weight excluding hydrogens is 286 g/mol. The molecule has 0 saturated carbocycles. The van der Waals surface area contributed by atoms with E-state index in [2.05, 4.69) is 27.9 Å². The SMILES string of the molecule is CCCCCCCCCCCC[N+](C)(C)CC(O)COCCC. The summed E-state index contributed by atoms with van der Waals surface area (Å²) in [5.41, 5.74) is 0. The third-order valence-corrected chi connectivity index (χ3v) is 4.48. The van der Waals surface area contributed by atoms with Crippen LogP contribution in [0.2, 0.25) is 0 Å². The van der Waals surface area contributed by atoms with E-state index in [4.69, 9.17) is 4.74 Å². The second-order valence-corrected chi connectivity index (χ2v) is 7.75. The lowest BCUT2D eigenvalue weighted by Crippen LogP contribution is -2.47. The number of ether oxygens (including phenoxy) is 1. The number of quaternary nitrogens is 1. The molecule has 1 unspecified atom stereocenters. The molecule has 3 nitrogen and oxygen atoms in total. The third-order valence-electron chi connectivity index (χ3n) is 4.48. The van der Waals surface area contributed by atoms with Crippen molar-refractivity contribution < 1.29 is 14.3 Å². The van der Waals surface area contributed by atoms with E-state index < -0.39 is 0 Å². The molecular formula is C20H44NO2+. The van der Waals surface area contributed by atoms with Gasteiger partial charge in [-0.3, -0.25) is 0 Å². The first kappa shape index (κ1) is 22.9. The summed E-state index contributed by atoms with van der Waals surface area (Å²) in [6.45, 7) is 7.55. The smallest absolute Gasteiger partial charge is 0.126 e. The van der Waals surface area contributed by atoms with E-state index in [1.165, 1.54) is 64.2 Å². The maximum atomic E-state index is 10.0. The summed E-state index contributed by atoms with van der Waals surface area (Å²) in [6, 6.07) is 0. The number of likely N-dealkylation sites (N-methyl/N-ethyl adjacent to an activating group) is 1. The molecule has 0 spiro atoms. The fraction of sp³-hybridized carbons (Fsp3) is 1.00. The van der Waals surface area contributed by atoms with Crippen molar-refractivity contribution in [3.05, 3.63) is 0 Å². The Labute approximate surface area is 146 Å². The molecule has 0 aliphatic carbocycles. The Bertz CT molecular complexity index is 244. The van der Waals surface area contributed by atoms with Gasteiger partial charge in [-0.05, 0) is 19.3 Å². The highest BCUT2D eigenvalue weighted by atomic mass is 16.5. The first-order valence-corrected chi connectivity index (χ1v) is 10.1. The second-order valence-electron chi connectivity index (χ2n) is 7.75. The number of nitrogens with zero attached hydrogens (tertiary/aromatic N) is 1. The quantitative estimate of drug-likeness (QED) is 0.307. The Balaban J connectivity index is 3.47. The normalized spacial score (nSPS) is 13.4. The predicted octanol–water partition coefficient (Wildman–Crippen LogP) is 4.77. The molecule has 0 aromatic carbocycles. The maximum Gasteiger partial charge on any atom is 0.126 e. The van der Waals surface area contributed by atoms with E-state index in [9.17, 15) is 5.11 Å². The number of unbranched alkanes of at least 4 members (excludes halogenated alkanes) is 9. The van der Waals surface area contributed by atoms with Gasteiger partial charge in [-0.2, -0.15) is 0 Å². The predicted molar refractivity (Wildman–Crippen MR) is 101 cm³/mol. The molecule has 0 amide bonds. The lowest BCUT2D eigenvalue weighted by atomic mass is 10.1. The second kappa shape index (κ2) is 15.4. The van der Waals surface area contributed by atoms with Crippen LogP contribution in [-0.2, 0) is 4.74 Å². The maximum absolute atomic E-state index is 10.0. The van der Waals surface area contributed by atoms with Crippen LogP contribution >= 0.6 is 0 Å². The lowest BCUT2D eigenvalue weighted by Gasteiger charge is -2.31. The molecule has 0 heterocycles. The van der Waals surface area contributed by atoms with Gasteiger partial charge in [0.25, 0.3) is 0 Å². The fourth-order valence-corrected chi connectivity index (χ4v) is 3.11. The van der Waals surface area contributed by atoms with Crippen LogP contribution in [0.3, 0.4) is 0 Å². The minimum absolute atomic E-state index is 0.334. The summed E-state index contributed by atoms with van der Waals surface area (Å²) >= 11 is 0. The van der Waals surface area contributed by atoms with Gasteiger partial charge >= 0.3 is 0 Å². The summed E-state index contributed by atoms with van der Waals surface area (Å²) in [6.07, 6.45) is 14.5. The highest BCUT2D eigenvalue weighted by molar-refractivity contribution is 4.53. The molecule has 0 radical (unpaired) electrons. The van der Waals surface area contributed by atoms with Crippen molar-refractivity contribution in [2.45, 2.75) is 90.6 Å². The van der Waals surface area contributed by atoms with Crippen LogP contribution in [0.4, 0.5) is 0 Å². The summed E-state index contributed by atoms with van der Waals surface area (Å²) < 4.78 is 6.33. The van der Waals surface area contributed by atoms with E-state index in [-0.39, 0.29) is 6.10 Å². The topological polar surface area (TPSA) is 29.5 Å². The zero-order valence-electron chi connectivity index (χ0n) is 16.5. The first-order chi connectivity index (χ1) is 11.0. The van der Waals surface area contributed by atoms with Gasteiger partial charge in [0.05, 0.1) is 27.2 Å². The molecule has 3 heteroatoms. The average Bonchev–Trinajstić information content (AvgIpc) is 2.49. The molecule has 0 rings (SSSR count). The molecule has 0 aliphatic heterocycles. The van der Waals surface area contributed by atoms with Crippen LogP contribution in [0.25, 0.3) is 0 Å². The summed E-state index contributed by atoms with van der Waals surface area (Å²) in [4.78, 5) is 0. The molecule has 0 fully saturated rings. The van der Waals surface area contributed by atoms with Crippen molar-refractivity contribution in [3.63, 3.8) is 0 Å².